The Morgan fingerprint density at radius 2 is 1.96 bits per heavy atom. The molecule has 1 aromatic carbocycles. The van der Waals surface area contributed by atoms with Crippen LogP contribution in [-0.2, 0) is 4.79 Å². The second-order valence-corrected chi connectivity index (χ2v) is 8.73. The Labute approximate surface area is 163 Å². The van der Waals surface area contributed by atoms with Gasteiger partial charge in [0.15, 0.2) is 0 Å². The van der Waals surface area contributed by atoms with Crippen LogP contribution in [0.25, 0.3) is 0 Å². The summed E-state index contributed by atoms with van der Waals surface area (Å²) in [4.78, 5) is 24.0. The zero-order valence-corrected chi connectivity index (χ0v) is 15.8. The Morgan fingerprint density at radius 1 is 1.21 bits per heavy atom. The fourth-order valence-electron chi connectivity index (χ4n) is 5.60. The highest BCUT2D eigenvalue weighted by Gasteiger charge is 2.61. The quantitative estimate of drug-likeness (QED) is 0.694. The molecule has 7 heteroatoms. The van der Waals surface area contributed by atoms with Gasteiger partial charge in [0.05, 0.1) is 6.04 Å². The van der Waals surface area contributed by atoms with Crippen molar-refractivity contribution < 1.29 is 18.4 Å². The summed E-state index contributed by atoms with van der Waals surface area (Å²) in [5, 5.41) is 5.77. The summed E-state index contributed by atoms with van der Waals surface area (Å²) in [6.07, 6.45) is 6.65. The first-order chi connectivity index (χ1) is 13.4. The van der Waals surface area contributed by atoms with Gasteiger partial charge in [-0.3, -0.25) is 4.79 Å². The highest BCUT2D eigenvalue weighted by molar-refractivity contribution is 5.81. The number of primary amides is 1. The van der Waals surface area contributed by atoms with Gasteiger partial charge in [0.2, 0.25) is 5.91 Å². The third kappa shape index (κ3) is 3.35. The van der Waals surface area contributed by atoms with Gasteiger partial charge in [-0.05, 0) is 55.4 Å². The van der Waals surface area contributed by atoms with Crippen molar-refractivity contribution in [3.05, 3.63) is 35.4 Å². The Bertz CT molecular complexity index is 781. The SMILES string of the molecule is NC(=O)NC[C@]12CCC1[C@H](C(=O)N[C@H](c1ccc(F)cc1F)C1CCCC1)C2. The number of carbonyl (C=O) groups excluding carboxylic acids is 2. The van der Waals surface area contributed by atoms with Crippen molar-refractivity contribution in [1.29, 1.82) is 0 Å². The van der Waals surface area contributed by atoms with E-state index in [2.05, 4.69) is 10.6 Å². The molecule has 5 nitrogen and oxygen atoms in total. The van der Waals surface area contributed by atoms with E-state index in [0.717, 1.165) is 44.6 Å². The average molecular weight is 391 g/mol. The van der Waals surface area contributed by atoms with Gasteiger partial charge >= 0.3 is 6.03 Å². The van der Waals surface area contributed by atoms with Crippen LogP contribution in [0.2, 0.25) is 0 Å². The fourth-order valence-corrected chi connectivity index (χ4v) is 5.60. The number of urea groups is 1. The van der Waals surface area contributed by atoms with Crippen molar-refractivity contribution in [2.24, 2.45) is 28.9 Å². The Morgan fingerprint density at radius 3 is 2.54 bits per heavy atom. The predicted molar refractivity (Wildman–Crippen MR) is 100 cm³/mol. The van der Waals surface area contributed by atoms with Crippen molar-refractivity contribution in [2.75, 3.05) is 6.54 Å². The molecule has 0 aromatic heterocycles. The van der Waals surface area contributed by atoms with E-state index in [9.17, 15) is 18.4 Å². The Hall–Kier alpha value is -2.18. The second kappa shape index (κ2) is 7.33. The van der Waals surface area contributed by atoms with Crippen LogP contribution in [0.4, 0.5) is 13.6 Å². The van der Waals surface area contributed by atoms with Crippen molar-refractivity contribution in [3.8, 4) is 0 Å². The summed E-state index contributed by atoms with van der Waals surface area (Å²) in [6.45, 7) is 0.509. The number of benzene rings is 1. The lowest BCUT2D eigenvalue weighted by Crippen LogP contribution is -2.64. The molecule has 4 N–H and O–H groups in total. The molecule has 0 heterocycles. The van der Waals surface area contributed by atoms with Crippen molar-refractivity contribution in [1.82, 2.24) is 10.6 Å². The third-order valence-electron chi connectivity index (χ3n) is 7.27. The summed E-state index contributed by atoms with van der Waals surface area (Å²) in [5.41, 5.74) is 5.53. The van der Waals surface area contributed by atoms with E-state index in [1.165, 1.54) is 12.1 Å². The number of nitrogens with one attached hydrogen (secondary N) is 2. The maximum absolute atomic E-state index is 14.4. The number of carbonyl (C=O) groups is 2. The first kappa shape index (κ1) is 19.2. The van der Waals surface area contributed by atoms with E-state index in [1.54, 1.807) is 0 Å². The van der Waals surface area contributed by atoms with Crippen LogP contribution in [0.15, 0.2) is 18.2 Å². The second-order valence-electron chi connectivity index (χ2n) is 8.73. The van der Waals surface area contributed by atoms with Crippen molar-refractivity contribution in [2.45, 2.75) is 51.0 Å². The lowest BCUT2D eigenvalue weighted by molar-refractivity contribution is -0.163. The monoisotopic (exact) mass is 391 g/mol. The molecule has 1 unspecified atom stereocenters. The summed E-state index contributed by atoms with van der Waals surface area (Å²) in [7, 11) is 0. The smallest absolute Gasteiger partial charge is 0.312 e. The Balaban J connectivity index is 1.46. The van der Waals surface area contributed by atoms with Gasteiger partial charge in [0.25, 0.3) is 0 Å². The standard InChI is InChI=1S/C21H27F2N3O2/c22-13-5-6-14(17(23)9-13)18(12-3-1-2-4-12)26-19(27)15-10-21(8-7-16(15)21)11-25-20(24)28/h5-6,9,12,15-16,18H,1-4,7-8,10-11H2,(H,26,27)(H3,24,25,28)/t15-,16?,18+,21-/m1/s1. The summed E-state index contributed by atoms with van der Waals surface area (Å²) in [5.74, 6) is -0.975. The van der Waals surface area contributed by atoms with E-state index < -0.39 is 23.7 Å². The largest absolute Gasteiger partial charge is 0.352 e. The van der Waals surface area contributed by atoms with Gasteiger partial charge < -0.3 is 16.4 Å². The average Bonchev–Trinajstić information content (AvgIpc) is 3.15. The number of amides is 3. The summed E-state index contributed by atoms with van der Waals surface area (Å²) >= 11 is 0. The molecule has 152 valence electrons. The molecule has 3 aliphatic rings. The molecule has 3 saturated carbocycles. The molecule has 3 fully saturated rings. The molecule has 28 heavy (non-hydrogen) atoms. The zero-order chi connectivity index (χ0) is 19.9. The molecule has 4 atom stereocenters. The third-order valence-corrected chi connectivity index (χ3v) is 7.27. The maximum atomic E-state index is 14.4. The topological polar surface area (TPSA) is 84.2 Å². The van der Waals surface area contributed by atoms with Crippen LogP contribution in [0.5, 0.6) is 0 Å². The van der Waals surface area contributed by atoms with E-state index >= 15 is 0 Å². The first-order valence-electron chi connectivity index (χ1n) is 10.2. The molecule has 0 bridgehead atoms. The van der Waals surface area contributed by atoms with E-state index in [1.807, 2.05) is 0 Å². The molecule has 4 rings (SSSR count). The number of fused-ring (bicyclic) bond motifs is 1. The normalized spacial score (nSPS) is 29.9. The van der Waals surface area contributed by atoms with Gasteiger partial charge in [-0.15, -0.1) is 0 Å². The maximum Gasteiger partial charge on any atom is 0.312 e. The Kier molecular flexibility index (Phi) is 5.02. The van der Waals surface area contributed by atoms with Gasteiger partial charge in [-0.25, -0.2) is 13.6 Å². The van der Waals surface area contributed by atoms with E-state index in [-0.39, 0.29) is 29.1 Å². The minimum absolute atomic E-state index is 0.0129. The summed E-state index contributed by atoms with van der Waals surface area (Å²) in [6, 6.07) is 2.64. The van der Waals surface area contributed by atoms with E-state index in [0.29, 0.717) is 18.5 Å². The van der Waals surface area contributed by atoms with Crippen LogP contribution in [0, 0.1) is 34.8 Å². The number of nitrogens with two attached hydrogens (primary N) is 1. The fraction of sp³-hybridized carbons (Fsp3) is 0.619. The first-order valence-corrected chi connectivity index (χ1v) is 10.2. The molecular formula is C21H27F2N3O2. The van der Waals surface area contributed by atoms with Crippen LogP contribution in [0.3, 0.4) is 0 Å². The van der Waals surface area contributed by atoms with Gasteiger partial charge in [-0.2, -0.15) is 0 Å². The number of hydrogen-bond acceptors (Lipinski definition) is 2. The minimum atomic E-state index is -0.613. The molecule has 0 spiro atoms. The lowest BCUT2D eigenvalue weighted by atomic mass is 9.42. The van der Waals surface area contributed by atoms with Crippen molar-refractivity contribution in [3.63, 3.8) is 0 Å². The van der Waals surface area contributed by atoms with Gasteiger partial charge in [0, 0.05) is 24.1 Å². The molecule has 0 radical (unpaired) electrons. The van der Waals surface area contributed by atoms with Crippen LogP contribution >= 0.6 is 0 Å². The van der Waals surface area contributed by atoms with Crippen LogP contribution < -0.4 is 16.4 Å². The zero-order valence-electron chi connectivity index (χ0n) is 15.8. The number of halogens is 2. The number of hydrogen-bond donors (Lipinski definition) is 3. The van der Waals surface area contributed by atoms with Gasteiger partial charge in [0.1, 0.15) is 11.6 Å². The molecule has 1 aromatic rings. The van der Waals surface area contributed by atoms with Gasteiger partial charge in [-0.1, -0.05) is 18.9 Å². The van der Waals surface area contributed by atoms with Crippen LogP contribution in [-0.4, -0.2) is 18.5 Å². The number of rotatable bonds is 6. The minimum Gasteiger partial charge on any atom is -0.352 e. The predicted octanol–water partition coefficient (Wildman–Crippen LogP) is 3.40. The lowest BCUT2D eigenvalue weighted by Gasteiger charge is -2.62. The molecule has 0 saturated heterocycles. The molecular weight excluding hydrogens is 364 g/mol. The molecule has 0 aliphatic heterocycles. The van der Waals surface area contributed by atoms with Crippen LogP contribution in [0.1, 0.15) is 56.6 Å². The highest BCUT2D eigenvalue weighted by Crippen LogP contribution is 2.64. The molecule has 3 aliphatic carbocycles. The highest BCUT2D eigenvalue weighted by atomic mass is 19.1. The molecule has 3 amide bonds. The summed E-state index contributed by atoms with van der Waals surface area (Å²) < 4.78 is 27.8. The van der Waals surface area contributed by atoms with E-state index in [4.69, 9.17) is 5.73 Å². The van der Waals surface area contributed by atoms with Crippen molar-refractivity contribution >= 4 is 11.9 Å².